The van der Waals surface area contributed by atoms with Crippen LogP contribution in [0.15, 0.2) is 18.2 Å². The molecule has 1 aliphatic rings. The van der Waals surface area contributed by atoms with Crippen LogP contribution in [0.1, 0.15) is 30.9 Å². The zero-order valence-electron chi connectivity index (χ0n) is 13.5. The van der Waals surface area contributed by atoms with Crippen LogP contribution in [0.3, 0.4) is 0 Å². The summed E-state index contributed by atoms with van der Waals surface area (Å²) in [7, 11) is -3.13. The molecule has 0 bridgehead atoms. The van der Waals surface area contributed by atoms with Crippen molar-refractivity contribution in [1.29, 1.82) is 0 Å². The quantitative estimate of drug-likeness (QED) is 0.902. The summed E-state index contributed by atoms with van der Waals surface area (Å²) < 4.78 is 38.7. The summed E-state index contributed by atoms with van der Waals surface area (Å²) in [5.74, 6) is 0.0658. The summed E-state index contributed by atoms with van der Waals surface area (Å²) in [6.07, 6.45) is 2.93. The summed E-state index contributed by atoms with van der Waals surface area (Å²) in [5.41, 5.74) is 1.71. The second kappa shape index (κ2) is 7.06. The van der Waals surface area contributed by atoms with Crippen LogP contribution >= 0.6 is 0 Å². The molecule has 0 aromatic heterocycles. The first kappa shape index (κ1) is 17.4. The number of piperidine rings is 1. The van der Waals surface area contributed by atoms with Gasteiger partial charge in [0.05, 0.1) is 6.26 Å². The minimum Gasteiger partial charge on any atom is -0.309 e. The van der Waals surface area contributed by atoms with E-state index < -0.39 is 10.0 Å². The lowest BCUT2D eigenvalue weighted by Crippen LogP contribution is -2.50. The maximum atomic E-state index is 13.8. The average molecular weight is 328 g/mol. The van der Waals surface area contributed by atoms with Gasteiger partial charge in [-0.25, -0.2) is 17.1 Å². The number of aryl methyl sites for hydroxylation is 1. The molecule has 0 amide bonds. The topological polar surface area (TPSA) is 49.4 Å². The van der Waals surface area contributed by atoms with Crippen LogP contribution < -0.4 is 5.32 Å². The Labute approximate surface area is 132 Å². The molecule has 6 heteroatoms. The van der Waals surface area contributed by atoms with Crippen molar-refractivity contribution in [2.24, 2.45) is 5.92 Å². The second-order valence-corrected chi connectivity index (χ2v) is 8.14. The third-order valence-corrected chi connectivity index (χ3v) is 5.72. The average Bonchev–Trinajstić information content (AvgIpc) is 2.47. The fraction of sp³-hybridized carbons (Fsp3) is 0.625. The lowest BCUT2D eigenvalue weighted by atomic mass is 9.91. The van der Waals surface area contributed by atoms with Gasteiger partial charge in [0.15, 0.2) is 0 Å². The molecule has 0 unspecified atom stereocenters. The van der Waals surface area contributed by atoms with E-state index >= 15 is 0 Å². The highest BCUT2D eigenvalue weighted by Crippen LogP contribution is 2.22. The van der Waals surface area contributed by atoms with Crippen molar-refractivity contribution in [1.82, 2.24) is 9.62 Å². The van der Waals surface area contributed by atoms with E-state index in [2.05, 4.69) is 12.2 Å². The number of nitrogens with zero attached hydrogens (tertiary/aromatic N) is 1. The Kier molecular flexibility index (Phi) is 5.58. The Balaban J connectivity index is 1.99. The number of rotatable bonds is 5. The van der Waals surface area contributed by atoms with Gasteiger partial charge in [-0.2, -0.15) is 0 Å². The number of hydrogen-bond acceptors (Lipinski definition) is 3. The Morgan fingerprint density at radius 2 is 2.14 bits per heavy atom. The predicted octanol–water partition coefficient (Wildman–Crippen LogP) is 2.28. The lowest BCUT2D eigenvalue weighted by molar-refractivity contribution is 0.201. The van der Waals surface area contributed by atoms with Crippen LogP contribution in [0.5, 0.6) is 0 Å². The van der Waals surface area contributed by atoms with Gasteiger partial charge in [-0.3, -0.25) is 0 Å². The molecule has 0 aliphatic carbocycles. The number of hydrogen-bond donors (Lipinski definition) is 1. The molecular formula is C16H25FN2O2S. The van der Waals surface area contributed by atoms with E-state index in [0.29, 0.717) is 25.2 Å². The van der Waals surface area contributed by atoms with Crippen LogP contribution in [-0.4, -0.2) is 38.1 Å². The third-order valence-electron chi connectivity index (χ3n) is 4.45. The largest absolute Gasteiger partial charge is 0.309 e. The Morgan fingerprint density at radius 3 is 2.77 bits per heavy atom. The molecule has 124 valence electrons. The molecular weight excluding hydrogens is 303 g/mol. The molecule has 1 aromatic rings. The summed E-state index contributed by atoms with van der Waals surface area (Å²) in [6.45, 7) is 5.57. The molecule has 1 heterocycles. The highest BCUT2D eigenvalue weighted by molar-refractivity contribution is 7.88. The fourth-order valence-corrected chi connectivity index (χ4v) is 3.96. The Morgan fingerprint density at radius 1 is 1.41 bits per heavy atom. The van der Waals surface area contributed by atoms with Gasteiger partial charge < -0.3 is 5.32 Å². The summed E-state index contributed by atoms with van der Waals surface area (Å²) >= 11 is 0. The molecule has 1 N–H and O–H groups in total. The van der Waals surface area contributed by atoms with Gasteiger partial charge >= 0.3 is 0 Å². The van der Waals surface area contributed by atoms with Crippen molar-refractivity contribution < 1.29 is 12.8 Å². The van der Waals surface area contributed by atoms with Gasteiger partial charge in [-0.15, -0.1) is 0 Å². The number of benzene rings is 1. The molecule has 1 aromatic carbocycles. The van der Waals surface area contributed by atoms with E-state index in [4.69, 9.17) is 0 Å². The van der Waals surface area contributed by atoms with Gasteiger partial charge in [0.1, 0.15) is 5.82 Å². The predicted molar refractivity (Wildman–Crippen MR) is 86.6 cm³/mol. The molecule has 1 aliphatic heterocycles. The zero-order valence-corrected chi connectivity index (χ0v) is 14.3. The first-order chi connectivity index (χ1) is 10.3. The van der Waals surface area contributed by atoms with Crippen molar-refractivity contribution >= 4 is 10.0 Å². The van der Waals surface area contributed by atoms with Gasteiger partial charge in [-0.05, 0) is 25.3 Å². The van der Waals surface area contributed by atoms with Crippen LogP contribution in [0, 0.1) is 18.7 Å². The fourth-order valence-electron chi connectivity index (χ4n) is 3.06. The minimum absolute atomic E-state index is 0.195. The maximum absolute atomic E-state index is 13.8. The molecule has 1 fully saturated rings. The molecule has 2 rings (SSSR count). The Bertz CT molecular complexity index is 619. The van der Waals surface area contributed by atoms with Crippen LogP contribution in [0.2, 0.25) is 0 Å². The van der Waals surface area contributed by atoms with Crippen molar-refractivity contribution in [2.45, 2.75) is 39.3 Å². The smallest absolute Gasteiger partial charge is 0.211 e. The van der Waals surface area contributed by atoms with E-state index in [0.717, 1.165) is 18.4 Å². The standard InChI is InChI=1S/C16H25FN2O2S/c1-4-13-11-19(22(3,20)21)8-7-16(13)18-10-14-9-12(2)5-6-15(14)17/h5-6,9,13,16,18H,4,7-8,10-11H2,1-3H3/t13-,16+/m1/s1. The first-order valence-corrected chi connectivity index (χ1v) is 9.59. The summed E-state index contributed by atoms with van der Waals surface area (Å²) in [4.78, 5) is 0. The van der Waals surface area contributed by atoms with Crippen molar-refractivity contribution in [3.8, 4) is 0 Å². The summed E-state index contributed by atoms with van der Waals surface area (Å²) in [6, 6.07) is 5.34. The van der Waals surface area contributed by atoms with Crippen molar-refractivity contribution in [3.63, 3.8) is 0 Å². The van der Waals surface area contributed by atoms with E-state index in [1.54, 1.807) is 10.4 Å². The summed E-state index contributed by atoms with van der Waals surface area (Å²) in [5, 5.41) is 3.42. The lowest BCUT2D eigenvalue weighted by Gasteiger charge is -2.37. The molecule has 4 nitrogen and oxygen atoms in total. The Hall–Kier alpha value is -0.980. The molecule has 22 heavy (non-hydrogen) atoms. The maximum Gasteiger partial charge on any atom is 0.211 e. The number of nitrogens with one attached hydrogen (secondary N) is 1. The van der Waals surface area contributed by atoms with E-state index in [1.807, 2.05) is 13.0 Å². The first-order valence-electron chi connectivity index (χ1n) is 7.74. The zero-order chi connectivity index (χ0) is 16.3. The van der Waals surface area contributed by atoms with Crippen LogP contribution in [0.25, 0.3) is 0 Å². The van der Waals surface area contributed by atoms with Crippen LogP contribution in [0.4, 0.5) is 4.39 Å². The van der Waals surface area contributed by atoms with Crippen LogP contribution in [-0.2, 0) is 16.6 Å². The van der Waals surface area contributed by atoms with E-state index in [-0.39, 0.29) is 17.8 Å². The molecule has 0 spiro atoms. The van der Waals surface area contributed by atoms with Crippen molar-refractivity contribution in [2.75, 3.05) is 19.3 Å². The monoisotopic (exact) mass is 328 g/mol. The van der Waals surface area contributed by atoms with Crippen molar-refractivity contribution in [3.05, 3.63) is 35.1 Å². The highest BCUT2D eigenvalue weighted by Gasteiger charge is 2.31. The van der Waals surface area contributed by atoms with E-state index in [1.165, 1.54) is 12.3 Å². The molecule has 1 saturated heterocycles. The molecule has 2 atom stereocenters. The van der Waals surface area contributed by atoms with Gasteiger partial charge in [-0.1, -0.05) is 31.0 Å². The molecule has 0 radical (unpaired) electrons. The van der Waals surface area contributed by atoms with Gasteiger partial charge in [0.2, 0.25) is 10.0 Å². The molecule has 0 saturated carbocycles. The van der Waals surface area contributed by atoms with E-state index in [9.17, 15) is 12.8 Å². The highest BCUT2D eigenvalue weighted by atomic mass is 32.2. The van der Waals surface area contributed by atoms with Gasteiger partial charge in [0, 0.05) is 31.2 Å². The number of sulfonamides is 1. The van der Waals surface area contributed by atoms with Gasteiger partial charge in [0.25, 0.3) is 0 Å². The number of halogens is 1. The normalized spacial score (nSPS) is 23.6. The third kappa shape index (κ3) is 4.27. The minimum atomic E-state index is -3.13. The second-order valence-electron chi connectivity index (χ2n) is 6.16. The SMILES string of the molecule is CC[C@@H]1CN(S(C)(=O)=O)CC[C@@H]1NCc1cc(C)ccc1F.